The smallest absolute Gasteiger partial charge is 0.337 e. The molecule has 1 heterocycles. The fourth-order valence-corrected chi connectivity index (χ4v) is 4.14. The Labute approximate surface area is 184 Å². The van der Waals surface area contributed by atoms with Crippen molar-refractivity contribution in [2.45, 2.75) is 18.6 Å². The molecule has 1 fully saturated rings. The minimum Gasteiger partial charge on any atom is -0.497 e. The Hall–Kier alpha value is -3.33. The van der Waals surface area contributed by atoms with Gasteiger partial charge >= 0.3 is 5.97 Å². The molecule has 2 aromatic carbocycles. The van der Waals surface area contributed by atoms with Gasteiger partial charge in [0.25, 0.3) is 0 Å². The quantitative estimate of drug-likeness (QED) is 0.690. The Morgan fingerprint density at radius 1 is 1.19 bits per heavy atom. The van der Waals surface area contributed by atoms with Gasteiger partial charge in [0.2, 0.25) is 11.8 Å². The Morgan fingerprint density at radius 2 is 1.94 bits per heavy atom. The summed E-state index contributed by atoms with van der Waals surface area (Å²) in [6.07, 6.45) is 0.0711. The molecule has 1 atom stereocenters. The number of esters is 1. The molecule has 0 aromatic heterocycles. The maximum atomic E-state index is 12.8. The van der Waals surface area contributed by atoms with Crippen molar-refractivity contribution in [3.63, 3.8) is 0 Å². The standard InChI is InChI=1S/C22H23N3O5S/c1-4-25-19(26)13-18(31-22(25)24-16-6-5-7-17(12-16)29-2)20(27)23-15-10-8-14(9-11-15)21(28)30-3/h5-12,18H,4,13H2,1-3H3,(H,23,27). The average molecular weight is 442 g/mol. The molecule has 0 aliphatic carbocycles. The summed E-state index contributed by atoms with van der Waals surface area (Å²) >= 11 is 1.24. The van der Waals surface area contributed by atoms with E-state index in [1.807, 2.05) is 19.1 Å². The van der Waals surface area contributed by atoms with Crippen LogP contribution in [0.1, 0.15) is 23.7 Å². The van der Waals surface area contributed by atoms with Gasteiger partial charge in [0.15, 0.2) is 5.17 Å². The zero-order valence-electron chi connectivity index (χ0n) is 17.5. The number of carbonyl (C=O) groups is 3. The Bertz CT molecular complexity index is 1010. The van der Waals surface area contributed by atoms with E-state index in [0.717, 1.165) is 0 Å². The van der Waals surface area contributed by atoms with Crippen molar-refractivity contribution in [2.75, 3.05) is 26.1 Å². The number of nitrogens with zero attached hydrogens (tertiary/aromatic N) is 2. The summed E-state index contributed by atoms with van der Waals surface area (Å²) in [7, 11) is 2.88. The minimum atomic E-state index is -0.625. The number of anilines is 1. The fraction of sp³-hybridized carbons (Fsp3) is 0.273. The number of nitrogens with one attached hydrogen (secondary N) is 1. The van der Waals surface area contributed by atoms with Gasteiger partial charge in [-0.25, -0.2) is 9.79 Å². The number of carbonyl (C=O) groups excluding carboxylic acids is 3. The van der Waals surface area contributed by atoms with Crippen molar-refractivity contribution in [3.05, 3.63) is 54.1 Å². The third-order valence-electron chi connectivity index (χ3n) is 4.60. The highest BCUT2D eigenvalue weighted by atomic mass is 32.2. The maximum Gasteiger partial charge on any atom is 0.337 e. The molecule has 31 heavy (non-hydrogen) atoms. The number of hydrogen-bond donors (Lipinski definition) is 1. The number of rotatable bonds is 6. The lowest BCUT2D eigenvalue weighted by atomic mass is 10.2. The van der Waals surface area contributed by atoms with Crippen LogP contribution in [0.3, 0.4) is 0 Å². The molecule has 3 rings (SSSR count). The number of hydrogen-bond acceptors (Lipinski definition) is 7. The van der Waals surface area contributed by atoms with Crippen molar-refractivity contribution in [2.24, 2.45) is 4.99 Å². The number of thioether (sulfide) groups is 1. The molecule has 0 bridgehead atoms. The summed E-state index contributed by atoms with van der Waals surface area (Å²) in [6, 6.07) is 13.5. The van der Waals surface area contributed by atoms with Crippen LogP contribution >= 0.6 is 11.8 Å². The highest BCUT2D eigenvalue weighted by Crippen LogP contribution is 2.30. The van der Waals surface area contributed by atoms with E-state index >= 15 is 0 Å². The predicted octanol–water partition coefficient (Wildman–Crippen LogP) is 3.46. The van der Waals surface area contributed by atoms with Gasteiger partial charge in [-0.1, -0.05) is 17.8 Å². The van der Waals surface area contributed by atoms with Crippen molar-refractivity contribution < 1.29 is 23.9 Å². The first kappa shape index (κ1) is 22.4. The van der Waals surface area contributed by atoms with Crippen molar-refractivity contribution in [1.29, 1.82) is 0 Å². The molecule has 0 radical (unpaired) electrons. The molecule has 162 valence electrons. The summed E-state index contributed by atoms with van der Waals surface area (Å²) in [5.41, 5.74) is 1.54. The maximum absolute atomic E-state index is 12.8. The van der Waals surface area contributed by atoms with Gasteiger partial charge in [-0.15, -0.1) is 0 Å². The molecule has 1 saturated heterocycles. The van der Waals surface area contributed by atoms with Crippen LogP contribution in [-0.2, 0) is 14.3 Å². The molecule has 8 nitrogen and oxygen atoms in total. The zero-order valence-corrected chi connectivity index (χ0v) is 18.3. The molecule has 1 aliphatic heterocycles. The first-order valence-corrected chi connectivity index (χ1v) is 10.5. The van der Waals surface area contributed by atoms with Crippen LogP contribution in [0, 0.1) is 0 Å². The topological polar surface area (TPSA) is 97.3 Å². The van der Waals surface area contributed by atoms with E-state index in [1.165, 1.54) is 18.9 Å². The first-order valence-electron chi connectivity index (χ1n) is 9.64. The summed E-state index contributed by atoms with van der Waals surface area (Å²) in [4.78, 5) is 43.1. The number of ether oxygens (including phenoxy) is 2. The molecule has 0 spiro atoms. The van der Waals surface area contributed by atoms with Crippen molar-refractivity contribution in [3.8, 4) is 5.75 Å². The van der Waals surface area contributed by atoms with Crippen LogP contribution in [0.15, 0.2) is 53.5 Å². The van der Waals surface area contributed by atoms with Crippen molar-refractivity contribution in [1.82, 2.24) is 4.90 Å². The number of amidine groups is 1. The van der Waals surface area contributed by atoms with Crippen LogP contribution in [0.4, 0.5) is 11.4 Å². The molecule has 2 aromatic rings. The molecule has 1 aliphatic rings. The van der Waals surface area contributed by atoms with E-state index in [1.54, 1.807) is 48.4 Å². The van der Waals surface area contributed by atoms with E-state index in [0.29, 0.717) is 34.4 Å². The van der Waals surface area contributed by atoms with Gasteiger partial charge in [-0.3, -0.25) is 14.5 Å². The van der Waals surface area contributed by atoms with Crippen LogP contribution in [0.2, 0.25) is 0 Å². The van der Waals surface area contributed by atoms with Crippen LogP contribution in [0.25, 0.3) is 0 Å². The summed E-state index contributed by atoms with van der Waals surface area (Å²) in [5, 5.41) is 2.64. The SMILES string of the molecule is CCN1C(=O)CC(C(=O)Nc2ccc(C(=O)OC)cc2)SC1=Nc1cccc(OC)c1. The lowest BCUT2D eigenvalue weighted by molar-refractivity contribution is -0.129. The number of aliphatic imine (C=N–C) groups is 1. The van der Waals surface area contributed by atoms with Gasteiger partial charge in [-0.05, 0) is 43.3 Å². The molecule has 1 unspecified atom stereocenters. The van der Waals surface area contributed by atoms with E-state index in [-0.39, 0.29) is 18.2 Å². The van der Waals surface area contributed by atoms with E-state index in [9.17, 15) is 14.4 Å². The lowest BCUT2D eigenvalue weighted by Gasteiger charge is -2.30. The second-order valence-electron chi connectivity index (χ2n) is 6.60. The normalized spacial score (nSPS) is 17.4. The Balaban J connectivity index is 1.77. The molecular formula is C22H23N3O5S. The van der Waals surface area contributed by atoms with Gasteiger partial charge in [-0.2, -0.15) is 0 Å². The monoisotopic (exact) mass is 441 g/mol. The van der Waals surface area contributed by atoms with Gasteiger partial charge in [0, 0.05) is 24.7 Å². The van der Waals surface area contributed by atoms with Crippen LogP contribution in [-0.4, -0.2) is 53.9 Å². The lowest BCUT2D eigenvalue weighted by Crippen LogP contribution is -2.45. The Morgan fingerprint density at radius 3 is 2.58 bits per heavy atom. The molecule has 2 amide bonds. The van der Waals surface area contributed by atoms with Crippen molar-refractivity contribution >= 4 is 46.1 Å². The third-order valence-corrected chi connectivity index (χ3v) is 5.79. The second-order valence-corrected chi connectivity index (χ2v) is 7.77. The highest BCUT2D eigenvalue weighted by Gasteiger charge is 2.35. The van der Waals surface area contributed by atoms with Crippen LogP contribution in [0.5, 0.6) is 5.75 Å². The Kier molecular flexibility index (Phi) is 7.30. The van der Waals surface area contributed by atoms with E-state index in [2.05, 4.69) is 15.0 Å². The summed E-state index contributed by atoms with van der Waals surface area (Å²) in [5.74, 6) is -0.270. The summed E-state index contributed by atoms with van der Waals surface area (Å²) < 4.78 is 9.89. The van der Waals surface area contributed by atoms with Gasteiger partial charge in [0.05, 0.1) is 25.5 Å². The number of methoxy groups -OCH3 is 2. The zero-order chi connectivity index (χ0) is 22.4. The minimum absolute atomic E-state index is 0.0711. The molecule has 1 N–H and O–H groups in total. The number of benzene rings is 2. The fourth-order valence-electron chi connectivity index (χ4n) is 2.97. The third kappa shape index (κ3) is 5.43. The van der Waals surface area contributed by atoms with E-state index in [4.69, 9.17) is 4.74 Å². The molecule has 0 saturated carbocycles. The first-order chi connectivity index (χ1) is 14.9. The second kappa shape index (κ2) is 10.1. The van der Waals surface area contributed by atoms with E-state index < -0.39 is 11.2 Å². The van der Waals surface area contributed by atoms with Gasteiger partial charge in [0.1, 0.15) is 11.0 Å². The van der Waals surface area contributed by atoms with Gasteiger partial charge < -0.3 is 14.8 Å². The molecular weight excluding hydrogens is 418 g/mol. The molecule has 9 heteroatoms. The number of amides is 2. The largest absolute Gasteiger partial charge is 0.497 e. The predicted molar refractivity (Wildman–Crippen MR) is 120 cm³/mol. The van der Waals surface area contributed by atoms with Crippen LogP contribution < -0.4 is 10.1 Å². The summed E-state index contributed by atoms with van der Waals surface area (Å²) in [6.45, 7) is 2.32. The highest BCUT2D eigenvalue weighted by molar-refractivity contribution is 8.15. The average Bonchev–Trinajstić information content (AvgIpc) is 2.79.